The Labute approximate surface area is 146 Å². The van der Waals surface area contributed by atoms with E-state index in [1.165, 1.54) is 10.6 Å². The zero-order valence-electron chi connectivity index (χ0n) is 14.0. The minimum absolute atomic E-state index is 0.182. The van der Waals surface area contributed by atoms with Gasteiger partial charge in [-0.3, -0.25) is 0 Å². The zero-order chi connectivity index (χ0) is 17.1. The van der Waals surface area contributed by atoms with Crippen LogP contribution in [0.5, 0.6) is 0 Å². The Bertz CT molecular complexity index is 471. The van der Waals surface area contributed by atoms with E-state index >= 15 is 0 Å². The number of benzene rings is 1. The van der Waals surface area contributed by atoms with Crippen molar-refractivity contribution in [1.82, 2.24) is 0 Å². The molecule has 0 saturated carbocycles. The topological polar surface area (TPSA) is 80.9 Å². The van der Waals surface area contributed by atoms with Crippen molar-refractivity contribution < 1.29 is 20.4 Å². The van der Waals surface area contributed by atoms with Crippen LogP contribution in [-0.4, -0.2) is 69.5 Å². The van der Waals surface area contributed by atoms with Crippen molar-refractivity contribution in [2.75, 3.05) is 26.4 Å². The maximum atomic E-state index is 9.82. The highest BCUT2D eigenvalue weighted by atomic mass is 31.1. The van der Waals surface area contributed by atoms with Gasteiger partial charge in [0.05, 0.1) is 26.4 Å². The summed E-state index contributed by atoms with van der Waals surface area (Å²) in [6.45, 7) is 0.727. The van der Waals surface area contributed by atoms with Crippen LogP contribution in [0.4, 0.5) is 0 Å². The van der Waals surface area contributed by atoms with Gasteiger partial charge in [0.1, 0.15) is 0 Å². The Balaban J connectivity index is 2.01. The Morgan fingerprint density at radius 3 is 1.17 bits per heavy atom. The fraction of sp³-hybridized carbons (Fsp3) is 0.667. The number of hydrogen-bond acceptors (Lipinski definition) is 4. The zero-order valence-corrected chi connectivity index (χ0v) is 15.7. The van der Waals surface area contributed by atoms with Crippen molar-refractivity contribution in [2.45, 2.75) is 48.3 Å². The van der Waals surface area contributed by atoms with Crippen LogP contribution < -0.4 is 10.6 Å². The molecule has 1 aromatic carbocycles. The summed E-state index contributed by atoms with van der Waals surface area (Å²) >= 11 is 0. The summed E-state index contributed by atoms with van der Waals surface area (Å²) in [7, 11) is -1.20. The van der Waals surface area contributed by atoms with E-state index in [1.54, 1.807) is 0 Å². The SMILES string of the molecule is OC[C@H]1CC[C@H](CO)P1c1ccccc1P1[C@@H](CO)CC[C@@H]1CO. The molecule has 2 aliphatic heterocycles. The lowest BCUT2D eigenvalue weighted by molar-refractivity contribution is 0.284. The molecule has 1 aromatic rings. The van der Waals surface area contributed by atoms with Gasteiger partial charge in [0.15, 0.2) is 0 Å². The fourth-order valence-corrected chi connectivity index (χ4v) is 11.4. The van der Waals surface area contributed by atoms with E-state index < -0.39 is 15.8 Å². The van der Waals surface area contributed by atoms with Crippen molar-refractivity contribution >= 4 is 26.5 Å². The van der Waals surface area contributed by atoms with Gasteiger partial charge in [-0.15, -0.1) is 0 Å². The molecule has 3 rings (SSSR count). The van der Waals surface area contributed by atoms with Crippen molar-refractivity contribution in [3.63, 3.8) is 0 Å². The lowest BCUT2D eigenvalue weighted by Crippen LogP contribution is -2.32. The quantitative estimate of drug-likeness (QED) is 0.562. The molecule has 2 heterocycles. The van der Waals surface area contributed by atoms with E-state index in [2.05, 4.69) is 24.3 Å². The first-order valence-corrected chi connectivity index (χ1v) is 11.8. The van der Waals surface area contributed by atoms with Crippen LogP contribution in [0.25, 0.3) is 0 Å². The number of aliphatic hydroxyl groups excluding tert-OH is 4. The van der Waals surface area contributed by atoms with Crippen LogP contribution in [0, 0.1) is 0 Å². The molecule has 4 nitrogen and oxygen atoms in total. The highest BCUT2D eigenvalue weighted by Gasteiger charge is 2.41. The predicted octanol–water partition coefficient (Wildman–Crippen LogP) is 0.932. The summed E-state index contributed by atoms with van der Waals surface area (Å²) in [6, 6.07) is 8.44. The lowest BCUT2D eigenvalue weighted by Gasteiger charge is -2.32. The molecule has 0 aromatic heterocycles. The van der Waals surface area contributed by atoms with Crippen molar-refractivity contribution in [1.29, 1.82) is 0 Å². The van der Waals surface area contributed by atoms with Crippen LogP contribution in [0.3, 0.4) is 0 Å². The molecule has 0 bridgehead atoms. The van der Waals surface area contributed by atoms with Crippen molar-refractivity contribution in [3.05, 3.63) is 24.3 Å². The van der Waals surface area contributed by atoms with Gasteiger partial charge in [-0.2, -0.15) is 0 Å². The minimum Gasteiger partial charge on any atom is -0.396 e. The Morgan fingerprint density at radius 1 is 0.625 bits per heavy atom. The molecule has 0 unspecified atom stereocenters. The molecule has 0 amide bonds. The number of hydrogen-bond donors (Lipinski definition) is 4. The van der Waals surface area contributed by atoms with Crippen LogP contribution in [0.15, 0.2) is 24.3 Å². The predicted molar refractivity (Wildman–Crippen MR) is 102 cm³/mol. The molecule has 0 aliphatic carbocycles. The van der Waals surface area contributed by atoms with E-state index in [9.17, 15) is 20.4 Å². The standard InChI is InChI=1S/C18H28O4P2/c19-9-13-5-6-14(10-20)23(13)17-3-1-2-4-18(17)24-15(11-21)7-8-16(24)12-22/h1-4,13-16,19-22H,5-12H2/t13-,14-,15-,16-/m1/s1. The smallest absolute Gasteiger partial charge is 0.0501 e. The number of aliphatic hydroxyl groups is 4. The van der Waals surface area contributed by atoms with Gasteiger partial charge < -0.3 is 20.4 Å². The first kappa shape index (κ1) is 18.7. The third-order valence-electron chi connectivity index (χ3n) is 5.52. The Kier molecular flexibility index (Phi) is 6.65. The molecule has 2 aliphatic rings. The highest BCUT2D eigenvalue weighted by Crippen LogP contribution is 2.58. The second-order valence-electron chi connectivity index (χ2n) is 6.80. The van der Waals surface area contributed by atoms with E-state index in [4.69, 9.17) is 0 Å². The monoisotopic (exact) mass is 370 g/mol. The molecule has 2 saturated heterocycles. The number of rotatable bonds is 6. The Morgan fingerprint density at radius 2 is 0.917 bits per heavy atom. The second kappa shape index (κ2) is 8.54. The lowest BCUT2D eigenvalue weighted by atomic mass is 10.2. The van der Waals surface area contributed by atoms with E-state index in [0.29, 0.717) is 0 Å². The molecule has 134 valence electrons. The summed E-state index contributed by atoms with van der Waals surface area (Å²) in [5, 5.41) is 41.9. The normalized spacial score (nSPS) is 31.8. The van der Waals surface area contributed by atoms with Gasteiger partial charge in [-0.1, -0.05) is 40.1 Å². The van der Waals surface area contributed by atoms with Gasteiger partial charge in [-0.05, 0) is 36.3 Å². The van der Waals surface area contributed by atoms with Gasteiger partial charge >= 0.3 is 0 Å². The summed E-state index contributed by atoms with van der Waals surface area (Å²) in [6.07, 6.45) is 3.91. The molecular formula is C18H28O4P2. The van der Waals surface area contributed by atoms with Gasteiger partial charge in [-0.25, -0.2) is 0 Å². The second-order valence-corrected chi connectivity index (χ2v) is 12.3. The molecule has 0 radical (unpaired) electrons. The molecule has 6 heteroatoms. The van der Waals surface area contributed by atoms with Crippen LogP contribution in [0.1, 0.15) is 25.7 Å². The average molecular weight is 370 g/mol. The van der Waals surface area contributed by atoms with Crippen LogP contribution in [-0.2, 0) is 0 Å². The molecular weight excluding hydrogens is 342 g/mol. The largest absolute Gasteiger partial charge is 0.396 e. The Hall–Kier alpha value is -0.0800. The first-order valence-electron chi connectivity index (χ1n) is 8.84. The summed E-state index contributed by atoms with van der Waals surface area (Å²) in [4.78, 5) is 0. The molecule has 4 N–H and O–H groups in total. The van der Waals surface area contributed by atoms with Gasteiger partial charge in [0, 0.05) is 22.6 Å². The molecule has 2 fully saturated rings. The molecule has 24 heavy (non-hydrogen) atoms. The van der Waals surface area contributed by atoms with E-state index in [-0.39, 0.29) is 49.1 Å². The maximum Gasteiger partial charge on any atom is 0.0501 e. The maximum absolute atomic E-state index is 9.82. The van der Waals surface area contributed by atoms with Crippen molar-refractivity contribution in [2.24, 2.45) is 0 Å². The summed E-state index contributed by atoms with van der Waals surface area (Å²) in [5.41, 5.74) is 1.04. The first-order chi connectivity index (χ1) is 11.7. The van der Waals surface area contributed by atoms with E-state index in [1.807, 2.05) is 0 Å². The third kappa shape index (κ3) is 3.43. The fourth-order valence-electron chi connectivity index (χ4n) is 4.33. The summed E-state index contributed by atoms with van der Waals surface area (Å²) in [5.74, 6) is 0. The van der Waals surface area contributed by atoms with Gasteiger partial charge in [0.25, 0.3) is 0 Å². The summed E-state index contributed by atoms with van der Waals surface area (Å²) < 4.78 is 0. The van der Waals surface area contributed by atoms with Crippen LogP contribution >= 0.6 is 15.8 Å². The van der Waals surface area contributed by atoms with Crippen molar-refractivity contribution in [3.8, 4) is 0 Å². The van der Waals surface area contributed by atoms with E-state index in [0.717, 1.165) is 25.7 Å². The minimum atomic E-state index is -0.599. The van der Waals surface area contributed by atoms with Crippen LogP contribution in [0.2, 0.25) is 0 Å². The highest BCUT2D eigenvalue weighted by molar-refractivity contribution is 7.73. The third-order valence-corrected chi connectivity index (χ3v) is 12.4. The molecule has 4 atom stereocenters. The average Bonchev–Trinajstić information content (AvgIpc) is 3.24. The molecule has 0 spiro atoms. The van der Waals surface area contributed by atoms with Gasteiger partial charge in [0.2, 0.25) is 0 Å².